The Bertz CT molecular complexity index is 685. The first-order valence-corrected chi connectivity index (χ1v) is 13.9. The number of rotatable bonds is 25. The molecular weight excluding hydrogens is 478 g/mol. The first-order valence-electron chi connectivity index (χ1n) is 13.9. The van der Waals surface area contributed by atoms with Crippen molar-refractivity contribution >= 4 is 29.5 Å². The van der Waals surface area contributed by atoms with E-state index in [9.17, 15) is 29.1 Å². The number of nitrogens with two attached hydrogens (primary N) is 1. The lowest BCUT2D eigenvalue weighted by molar-refractivity contribution is -0.142. The Morgan fingerprint density at radius 1 is 0.622 bits per heavy atom. The van der Waals surface area contributed by atoms with Gasteiger partial charge in [-0.25, -0.2) is 4.79 Å². The second kappa shape index (κ2) is 22.7. The van der Waals surface area contributed by atoms with E-state index in [4.69, 9.17) is 10.8 Å². The quantitative estimate of drug-likeness (QED) is 0.112. The van der Waals surface area contributed by atoms with E-state index in [2.05, 4.69) is 10.6 Å². The normalized spacial score (nSPS) is 12.5. The van der Waals surface area contributed by atoms with Crippen LogP contribution in [0.3, 0.4) is 0 Å². The lowest BCUT2D eigenvalue weighted by Crippen LogP contribution is -2.44. The number of hydrogen-bond acceptors (Lipinski definition) is 6. The molecule has 0 heterocycles. The van der Waals surface area contributed by atoms with Crippen LogP contribution in [0.15, 0.2) is 0 Å². The third kappa shape index (κ3) is 21.3. The molecule has 0 aromatic heterocycles. The molecule has 0 aromatic carbocycles. The molecule has 0 radical (unpaired) electrons. The van der Waals surface area contributed by atoms with Crippen LogP contribution in [-0.4, -0.2) is 58.4 Å². The maximum Gasteiger partial charge on any atom is 0.326 e. The van der Waals surface area contributed by atoms with Crippen LogP contribution >= 0.6 is 0 Å². The number of carbonyl (C=O) groups excluding carboxylic acids is 3. The summed E-state index contributed by atoms with van der Waals surface area (Å²) < 4.78 is 0. The minimum absolute atomic E-state index is 0.0523. The van der Waals surface area contributed by atoms with E-state index >= 15 is 0 Å². The number of hydrogen-bond donors (Lipinski definition) is 5. The van der Waals surface area contributed by atoms with Crippen LogP contribution in [0.1, 0.15) is 122 Å². The van der Waals surface area contributed by atoms with E-state index in [1.54, 1.807) is 0 Å². The van der Waals surface area contributed by atoms with Gasteiger partial charge in [-0.15, -0.1) is 0 Å². The predicted octanol–water partition coefficient (Wildman–Crippen LogP) is 3.69. The number of carbonyl (C=O) groups is 5. The fourth-order valence-corrected chi connectivity index (χ4v) is 4.05. The van der Waals surface area contributed by atoms with Gasteiger partial charge in [-0.2, -0.15) is 0 Å². The Morgan fingerprint density at radius 3 is 1.43 bits per heavy atom. The summed E-state index contributed by atoms with van der Waals surface area (Å²) in [6.45, 7) is 1.33. The number of ketones is 1. The minimum Gasteiger partial charge on any atom is -0.481 e. The van der Waals surface area contributed by atoms with Crippen LogP contribution < -0.4 is 16.4 Å². The SMILES string of the molecule is C[C@H](NC(=O)CC[C@H](NC(=O)CCCCCCCCCCCCCCCCC(=O)O)C(=O)O)C(=O)CN. The Labute approximate surface area is 221 Å². The molecule has 0 aliphatic carbocycles. The highest BCUT2D eigenvalue weighted by Gasteiger charge is 2.22. The zero-order valence-corrected chi connectivity index (χ0v) is 22.6. The summed E-state index contributed by atoms with van der Waals surface area (Å²) in [6, 6.07) is -1.87. The lowest BCUT2D eigenvalue weighted by Gasteiger charge is -2.16. The minimum atomic E-state index is -1.19. The summed E-state index contributed by atoms with van der Waals surface area (Å²) in [5.74, 6) is -3.00. The van der Waals surface area contributed by atoms with Gasteiger partial charge in [-0.3, -0.25) is 19.2 Å². The van der Waals surface area contributed by atoms with Crippen molar-refractivity contribution in [2.75, 3.05) is 6.54 Å². The molecule has 0 rings (SSSR count). The van der Waals surface area contributed by atoms with Crippen molar-refractivity contribution in [1.82, 2.24) is 10.6 Å². The zero-order chi connectivity index (χ0) is 27.9. The summed E-state index contributed by atoms with van der Waals surface area (Å²) in [6.07, 6.45) is 15.6. The van der Waals surface area contributed by atoms with Gasteiger partial charge in [0, 0.05) is 19.3 Å². The fraction of sp³-hybridized carbons (Fsp3) is 0.815. The van der Waals surface area contributed by atoms with E-state index in [1.165, 1.54) is 51.9 Å². The molecule has 10 heteroatoms. The third-order valence-electron chi connectivity index (χ3n) is 6.40. The molecule has 0 spiro atoms. The van der Waals surface area contributed by atoms with Crippen LogP contribution in [0.2, 0.25) is 0 Å². The van der Waals surface area contributed by atoms with E-state index in [0.717, 1.165) is 38.5 Å². The van der Waals surface area contributed by atoms with Crippen LogP contribution in [0.4, 0.5) is 0 Å². The molecule has 0 bridgehead atoms. The number of Topliss-reactive ketones (excluding diaryl/α,β-unsaturated/α-hetero) is 1. The summed E-state index contributed by atoms with van der Waals surface area (Å²) >= 11 is 0. The Balaban J connectivity index is 3.71. The number of amides is 2. The molecule has 0 saturated heterocycles. The van der Waals surface area contributed by atoms with Gasteiger partial charge in [0.2, 0.25) is 11.8 Å². The van der Waals surface area contributed by atoms with Gasteiger partial charge in [-0.1, -0.05) is 77.0 Å². The van der Waals surface area contributed by atoms with Gasteiger partial charge < -0.3 is 26.6 Å². The predicted molar refractivity (Wildman–Crippen MR) is 142 cm³/mol. The number of nitrogens with one attached hydrogen (secondary N) is 2. The lowest BCUT2D eigenvalue weighted by atomic mass is 10.0. The summed E-state index contributed by atoms with van der Waals surface area (Å²) in [7, 11) is 0. The van der Waals surface area contributed by atoms with Gasteiger partial charge in [0.15, 0.2) is 5.78 Å². The summed E-state index contributed by atoms with van der Waals surface area (Å²) in [5, 5.41) is 22.9. The van der Waals surface area contributed by atoms with Crippen molar-refractivity contribution in [3.63, 3.8) is 0 Å². The Morgan fingerprint density at radius 2 is 1.03 bits per heavy atom. The Hall–Kier alpha value is -2.49. The van der Waals surface area contributed by atoms with Crippen molar-refractivity contribution in [3.05, 3.63) is 0 Å². The van der Waals surface area contributed by atoms with Crippen molar-refractivity contribution in [3.8, 4) is 0 Å². The molecule has 6 N–H and O–H groups in total. The molecule has 0 aliphatic heterocycles. The number of unbranched alkanes of at least 4 members (excludes halogenated alkanes) is 13. The molecule has 0 saturated carbocycles. The monoisotopic (exact) mass is 527 g/mol. The molecular formula is C27H49N3O7. The highest BCUT2D eigenvalue weighted by molar-refractivity contribution is 5.90. The van der Waals surface area contributed by atoms with Crippen molar-refractivity contribution in [2.45, 2.75) is 135 Å². The third-order valence-corrected chi connectivity index (χ3v) is 6.40. The zero-order valence-electron chi connectivity index (χ0n) is 22.6. The molecule has 10 nitrogen and oxygen atoms in total. The summed E-state index contributed by atoms with van der Waals surface area (Å²) in [5.41, 5.74) is 5.25. The van der Waals surface area contributed by atoms with Gasteiger partial charge in [-0.05, 0) is 26.2 Å². The topological polar surface area (TPSA) is 176 Å². The van der Waals surface area contributed by atoms with Crippen LogP contribution in [0.5, 0.6) is 0 Å². The first kappa shape index (κ1) is 34.5. The molecule has 214 valence electrons. The molecule has 37 heavy (non-hydrogen) atoms. The number of carboxylic acids is 2. The number of carboxylic acid groups (broad SMARTS) is 2. The smallest absolute Gasteiger partial charge is 0.326 e. The standard InChI is InChI=1S/C27H49N3O7/c1-21(23(31)20-28)29-25(33)19-18-22(27(36)37)30-24(32)16-14-12-10-8-6-4-2-3-5-7-9-11-13-15-17-26(34)35/h21-22H,2-20,28H2,1H3,(H,29,33)(H,30,32)(H,34,35)(H,36,37)/t21-,22-/m0/s1. The van der Waals surface area contributed by atoms with E-state index in [1.807, 2.05) is 0 Å². The average Bonchev–Trinajstić information content (AvgIpc) is 2.85. The maximum atomic E-state index is 12.1. The Kier molecular flexibility index (Phi) is 21.2. The van der Waals surface area contributed by atoms with Crippen molar-refractivity contribution < 1.29 is 34.2 Å². The largest absolute Gasteiger partial charge is 0.481 e. The van der Waals surface area contributed by atoms with Gasteiger partial charge in [0.25, 0.3) is 0 Å². The van der Waals surface area contributed by atoms with Crippen molar-refractivity contribution in [1.29, 1.82) is 0 Å². The molecule has 2 atom stereocenters. The van der Waals surface area contributed by atoms with Crippen LogP contribution in [0, 0.1) is 0 Å². The molecule has 0 fully saturated rings. The van der Waals surface area contributed by atoms with E-state index in [-0.39, 0.29) is 43.9 Å². The van der Waals surface area contributed by atoms with E-state index < -0.39 is 29.9 Å². The van der Waals surface area contributed by atoms with Crippen molar-refractivity contribution in [2.24, 2.45) is 5.73 Å². The maximum absolute atomic E-state index is 12.1. The average molecular weight is 528 g/mol. The van der Waals surface area contributed by atoms with Crippen LogP contribution in [0.25, 0.3) is 0 Å². The molecule has 0 unspecified atom stereocenters. The van der Waals surface area contributed by atoms with Gasteiger partial charge >= 0.3 is 11.9 Å². The number of aliphatic carboxylic acids is 2. The highest BCUT2D eigenvalue weighted by Crippen LogP contribution is 2.14. The van der Waals surface area contributed by atoms with E-state index in [0.29, 0.717) is 6.42 Å². The van der Waals surface area contributed by atoms with Gasteiger partial charge in [0.1, 0.15) is 6.04 Å². The molecule has 0 aliphatic rings. The fourth-order valence-electron chi connectivity index (χ4n) is 4.05. The van der Waals surface area contributed by atoms with Crippen LogP contribution in [-0.2, 0) is 24.0 Å². The molecule has 0 aromatic rings. The first-order chi connectivity index (χ1) is 17.7. The summed E-state index contributed by atoms with van der Waals surface area (Å²) in [4.78, 5) is 57.3. The second-order valence-electron chi connectivity index (χ2n) is 9.80. The molecule has 2 amide bonds. The van der Waals surface area contributed by atoms with Gasteiger partial charge in [0.05, 0.1) is 12.6 Å². The second-order valence-corrected chi connectivity index (χ2v) is 9.80. The highest BCUT2D eigenvalue weighted by atomic mass is 16.4.